The highest BCUT2D eigenvalue weighted by atomic mass is 35.5. The molecule has 19 heavy (non-hydrogen) atoms. The molecule has 1 aromatic carbocycles. The molecule has 0 heterocycles. The Labute approximate surface area is 120 Å². The first kappa shape index (κ1) is 16.0. The van der Waals surface area contributed by atoms with Crippen LogP contribution in [0.2, 0.25) is 5.02 Å². The Balaban J connectivity index is 3.01. The lowest BCUT2D eigenvalue weighted by Crippen LogP contribution is -2.41. The first-order valence-electron chi connectivity index (χ1n) is 6.73. The second-order valence-corrected chi connectivity index (χ2v) is 5.06. The van der Waals surface area contributed by atoms with E-state index in [1.807, 2.05) is 26.8 Å². The molecule has 0 saturated heterocycles. The number of aliphatic hydroxyl groups excluding tert-OH is 1. The number of halogens is 1. The molecular formula is C15H22ClNO2. The third kappa shape index (κ3) is 3.95. The Morgan fingerprint density at radius 1 is 1.37 bits per heavy atom. The summed E-state index contributed by atoms with van der Waals surface area (Å²) in [5.74, 6) is -0.0651. The maximum atomic E-state index is 12.5. The van der Waals surface area contributed by atoms with Crippen LogP contribution in [0, 0.1) is 6.92 Å². The van der Waals surface area contributed by atoms with Crippen LogP contribution in [0.15, 0.2) is 18.2 Å². The summed E-state index contributed by atoms with van der Waals surface area (Å²) >= 11 is 6.07. The molecule has 3 nitrogen and oxygen atoms in total. The van der Waals surface area contributed by atoms with Gasteiger partial charge in [-0.05, 0) is 37.5 Å². The first-order valence-corrected chi connectivity index (χ1v) is 7.10. The smallest absolute Gasteiger partial charge is 0.254 e. The number of hydrogen-bond acceptors (Lipinski definition) is 2. The molecule has 0 aromatic heterocycles. The molecule has 106 valence electrons. The molecule has 0 fully saturated rings. The number of benzene rings is 1. The van der Waals surface area contributed by atoms with Gasteiger partial charge in [0, 0.05) is 23.2 Å². The molecule has 0 unspecified atom stereocenters. The summed E-state index contributed by atoms with van der Waals surface area (Å²) in [5, 5.41) is 9.75. The van der Waals surface area contributed by atoms with Gasteiger partial charge in [0.1, 0.15) is 0 Å². The molecule has 0 aliphatic rings. The fourth-order valence-electron chi connectivity index (χ4n) is 2.18. The number of nitrogens with zero attached hydrogens (tertiary/aromatic N) is 1. The van der Waals surface area contributed by atoms with Crippen molar-refractivity contribution in [1.29, 1.82) is 0 Å². The van der Waals surface area contributed by atoms with Crippen LogP contribution in [0.4, 0.5) is 0 Å². The highest BCUT2D eigenvalue weighted by Gasteiger charge is 2.22. The lowest BCUT2D eigenvalue weighted by Gasteiger charge is -2.30. The van der Waals surface area contributed by atoms with Crippen molar-refractivity contribution < 1.29 is 9.90 Å². The van der Waals surface area contributed by atoms with Gasteiger partial charge in [-0.25, -0.2) is 0 Å². The van der Waals surface area contributed by atoms with Crippen molar-refractivity contribution in [3.05, 3.63) is 34.3 Å². The molecule has 0 aliphatic heterocycles. The summed E-state index contributed by atoms with van der Waals surface area (Å²) in [4.78, 5) is 14.3. The van der Waals surface area contributed by atoms with E-state index in [2.05, 4.69) is 0 Å². The second-order valence-electron chi connectivity index (χ2n) is 4.66. The fourth-order valence-corrected chi connectivity index (χ4v) is 2.36. The minimum Gasteiger partial charge on any atom is -0.395 e. The van der Waals surface area contributed by atoms with Gasteiger partial charge in [-0.3, -0.25) is 4.79 Å². The van der Waals surface area contributed by atoms with Crippen molar-refractivity contribution >= 4 is 17.5 Å². The minimum atomic E-state index is -0.0651. The van der Waals surface area contributed by atoms with Gasteiger partial charge < -0.3 is 10.0 Å². The van der Waals surface area contributed by atoms with E-state index in [1.165, 1.54) is 0 Å². The minimum absolute atomic E-state index is 0.0260. The van der Waals surface area contributed by atoms with Gasteiger partial charge in [-0.15, -0.1) is 0 Å². The van der Waals surface area contributed by atoms with Crippen molar-refractivity contribution in [3.63, 3.8) is 0 Å². The number of hydrogen-bond donors (Lipinski definition) is 1. The molecule has 1 amide bonds. The van der Waals surface area contributed by atoms with Crippen molar-refractivity contribution in [3.8, 4) is 0 Å². The maximum absolute atomic E-state index is 12.5. The van der Waals surface area contributed by atoms with Gasteiger partial charge in [0.05, 0.1) is 6.61 Å². The van der Waals surface area contributed by atoms with Crippen LogP contribution in [0.3, 0.4) is 0 Å². The highest BCUT2D eigenvalue weighted by molar-refractivity contribution is 6.31. The van der Waals surface area contributed by atoms with Gasteiger partial charge in [-0.2, -0.15) is 0 Å². The van der Waals surface area contributed by atoms with Gasteiger partial charge in [-0.1, -0.05) is 31.5 Å². The van der Waals surface area contributed by atoms with Gasteiger partial charge in [0.25, 0.3) is 5.91 Å². The summed E-state index contributed by atoms with van der Waals surface area (Å²) in [6.45, 7) is 6.34. The van der Waals surface area contributed by atoms with Gasteiger partial charge in [0.2, 0.25) is 0 Å². The standard InChI is InChI=1S/C15H22ClNO2/c1-4-13(5-2)17(8-9-18)15(19)12-7-6-11(3)14(16)10-12/h6-7,10,13,18H,4-5,8-9H2,1-3H3. The molecule has 0 atom stereocenters. The van der Waals surface area contributed by atoms with E-state index in [4.69, 9.17) is 16.7 Å². The quantitative estimate of drug-likeness (QED) is 0.870. The Kier molecular flexibility index (Phi) is 6.32. The van der Waals surface area contributed by atoms with Crippen molar-refractivity contribution in [2.24, 2.45) is 0 Å². The summed E-state index contributed by atoms with van der Waals surface area (Å²) in [7, 11) is 0. The fraction of sp³-hybridized carbons (Fsp3) is 0.533. The molecule has 0 radical (unpaired) electrons. The van der Waals surface area contributed by atoms with E-state index in [-0.39, 0.29) is 18.6 Å². The van der Waals surface area contributed by atoms with Gasteiger partial charge in [0.15, 0.2) is 0 Å². The van der Waals surface area contributed by atoms with E-state index >= 15 is 0 Å². The number of carbonyl (C=O) groups excluding carboxylic acids is 1. The number of amides is 1. The summed E-state index contributed by atoms with van der Waals surface area (Å²) in [5.41, 5.74) is 1.53. The Morgan fingerprint density at radius 3 is 2.47 bits per heavy atom. The van der Waals surface area contributed by atoms with Crippen LogP contribution >= 0.6 is 11.6 Å². The van der Waals surface area contributed by atoms with E-state index in [9.17, 15) is 4.79 Å². The molecule has 0 spiro atoms. The van der Waals surface area contributed by atoms with Crippen LogP contribution in [0.25, 0.3) is 0 Å². The number of aryl methyl sites for hydroxylation is 1. The zero-order valence-corrected chi connectivity index (χ0v) is 12.6. The number of aliphatic hydroxyl groups is 1. The van der Waals surface area contributed by atoms with Crippen molar-refractivity contribution in [2.45, 2.75) is 39.7 Å². The lowest BCUT2D eigenvalue weighted by molar-refractivity contribution is 0.0622. The largest absolute Gasteiger partial charge is 0.395 e. The SMILES string of the molecule is CCC(CC)N(CCO)C(=O)c1ccc(C)c(Cl)c1. The third-order valence-corrected chi connectivity index (χ3v) is 3.81. The third-order valence-electron chi connectivity index (χ3n) is 3.40. The van der Waals surface area contributed by atoms with E-state index in [0.29, 0.717) is 17.1 Å². The summed E-state index contributed by atoms with van der Waals surface area (Å²) < 4.78 is 0. The van der Waals surface area contributed by atoms with Crippen LogP contribution in [-0.4, -0.2) is 35.1 Å². The average Bonchev–Trinajstić information content (AvgIpc) is 2.41. The molecule has 1 aromatic rings. The summed E-state index contributed by atoms with van der Waals surface area (Å²) in [6, 6.07) is 5.49. The zero-order chi connectivity index (χ0) is 14.4. The van der Waals surface area contributed by atoms with Crippen LogP contribution in [0.1, 0.15) is 42.6 Å². The molecule has 0 aliphatic carbocycles. The van der Waals surface area contributed by atoms with E-state index in [0.717, 1.165) is 18.4 Å². The van der Waals surface area contributed by atoms with Crippen LogP contribution < -0.4 is 0 Å². The van der Waals surface area contributed by atoms with Crippen molar-refractivity contribution in [2.75, 3.05) is 13.2 Å². The lowest BCUT2D eigenvalue weighted by atomic mass is 10.1. The number of rotatable bonds is 6. The highest BCUT2D eigenvalue weighted by Crippen LogP contribution is 2.19. The maximum Gasteiger partial charge on any atom is 0.254 e. The van der Waals surface area contributed by atoms with Crippen LogP contribution in [0.5, 0.6) is 0 Å². The molecule has 0 saturated carbocycles. The Hall–Kier alpha value is -1.06. The van der Waals surface area contributed by atoms with E-state index < -0.39 is 0 Å². The monoisotopic (exact) mass is 283 g/mol. The molecular weight excluding hydrogens is 262 g/mol. The molecule has 1 rings (SSSR count). The molecule has 4 heteroatoms. The predicted molar refractivity (Wildman–Crippen MR) is 78.7 cm³/mol. The Morgan fingerprint density at radius 2 is 2.00 bits per heavy atom. The van der Waals surface area contributed by atoms with E-state index in [1.54, 1.807) is 17.0 Å². The topological polar surface area (TPSA) is 40.5 Å². The first-order chi connectivity index (χ1) is 9.04. The zero-order valence-electron chi connectivity index (χ0n) is 11.8. The number of carbonyl (C=O) groups is 1. The summed E-state index contributed by atoms with van der Waals surface area (Å²) in [6.07, 6.45) is 1.75. The van der Waals surface area contributed by atoms with Crippen molar-refractivity contribution in [1.82, 2.24) is 4.90 Å². The normalized spacial score (nSPS) is 10.8. The second kappa shape index (κ2) is 7.51. The van der Waals surface area contributed by atoms with Gasteiger partial charge >= 0.3 is 0 Å². The molecule has 0 bridgehead atoms. The Bertz CT molecular complexity index is 430. The average molecular weight is 284 g/mol. The predicted octanol–water partition coefficient (Wildman–Crippen LogP) is 3.27. The van der Waals surface area contributed by atoms with Crippen LogP contribution in [-0.2, 0) is 0 Å². The molecule has 1 N–H and O–H groups in total.